The number of hydrogen-bond acceptors (Lipinski definition) is 3. The molecule has 1 aromatic carbocycles. The molecule has 0 saturated carbocycles. The van der Waals surface area contributed by atoms with Gasteiger partial charge in [-0.3, -0.25) is 4.79 Å². The molecule has 1 unspecified atom stereocenters. The van der Waals surface area contributed by atoms with E-state index in [9.17, 15) is 4.79 Å². The van der Waals surface area contributed by atoms with Crippen molar-refractivity contribution in [1.82, 2.24) is 4.90 Å². The van der Waals surface area contributed by atoms with Crippen molar-refractivity contribution in [1.29, 1.82) is 0 Å². The molecule has 2 N–H and O–H groups in total. The van der Waals surface area contributed by atoms with Gasteiger partial charge in [0.2, 0.25) is 0 Å². The summed E-state index contributed by atoms with van der Waals surface area (Å²) in [4.78, 5) is 14.4. The van der Waals surface area contributed by atoms with E-state index in [1.165, 1.54) is 0 Å². The second kappa shape index (κ2) is 7.26. The first-order chi connectivity index (χ1) is 10.2. The van der Waals surface area contributed by atoms with Crippen LogP contribution in [0.4, 0.5) is 0 Å². The van der Waals surface area contributed by atoms with Crippen molar-refractivity contribution in [2.45, 2.75) is 26.4 Å². The molecule has 1 amide bonds. The van der Waals surface area contributed by atoms with E-state index >= 15 is 0 Å². The first-order valence-corrected chi connectivity index (χ1v) is 7.36. The Hall–Kier alpha value is -1.83. The van der Waals surface area contributed by atoms with E-state index in [-0.39, 0.29) is 12.0 Å². The normalized spacial score (nSPS) is 18.0. The van der Waals surface area contributed by atoms with Crippen molar-refractivity contribution in [2.75, 3.05) is 26.2 Å². The summed E-state index contributed by atoms with van der Waals surface area (Å²) in [5.74, 6) is 5.92. The van der Waals surface area contributed by atoms with Crippen molar-refractivity contribution >= 4 is 5.91 Å². The number of ether oxygens (including phenoxy) is 1. The molecule has 0 radical (unpaired) electrons. The predicted octanol–water partition coefficient (Wildman–Crippen LogP) is 1.56. The minimum absolute atomic E-state index is 0.0678. The lowest BCUT2D eigenvalue weighted by Gasteiger charge is -2.32. The van der Waals surface area contributed by atoms with E-state index in [1.807, 2.05) is 30.0 Å². The van der Waals surface area contributed by atoms with Crippen LogP contribution in [0.25, 0.3) is 0 Å². The number of nitrogens with zero attached hydrogens (tertiary/aromatic N) is 1. The Labute approximate surface area is 126 Å². The summed E-state index contributed by atoms with van der Waals surface area (Å²) >= 11 is 0. The topological polar surface area (TPSA) is 55.6 Å². The summed E-state index contributed by atoms with van der Waals surface area (Å²) in [6.07, 6.45) is 1.08. The van der Waals surface area contributed by atoms with Gasteiger partial charge in [-0.25, -0.2) is 0 Å². The van der Waals surface area contributed by atoms with Gasteiger partial charge in [-0.05, 0) is 37.1 Å². The quantitative estimate of drug-likeness (QED) is 0.839. The fraction of sp³-hybridized carbons (Fsp3) is 0.471. The third kappa shape index (κ3) is 3.84. The number of aryl methyl sites for hydroxylation is 1. The van der Waals surface area contributed by atoms with Gasteiger partial charge in [-0.2, -0.15) is 0 Å². The predicted molar refractivity (Wildman–Crippen MR) is 83.0 cm³/mol. The van der Waals surface area contributed by atoms with Crippen LogP contribution < -0.4 is 5.73 Å². The number of carbonyl (C=O) groups is 1. The van der Waals surface area contributed by atoms with Crippen LogP contribution in [0.5, 0.6) is 0 Å². The molecule has 0 bridgehead atoms. The minimum atomic E-state index is 0.0678. The molecule has 1 atom stereocenters. The van der Waals surface area contributed by atoms with Gasteiger partial charge >= 0.3 is 0 Å². The molecule has 21 heavy (non-hydrogen) atoms. The van der Waals surface area contributed by atoms with Gasteiger partial charge in [0.1, 0.15) is 0 Å². The number of amides is 1. The lowest BCUT2D eigenvalue weighted by atomic mass is 10.0. The molecular formula is C17H22N2O2. The van der Waals surface area contributed by atoms with E-state index in [0.717, 1.165) is 17.5 Å². The third-order valence-electron chi connectivity index (χ3n) is 3.68. The van der Waals surface area contributed by atoms with Gasteiger partial charge in [0.05, 0.1) is 19.3 Å². The maximum atomic E-state index is 12.6. The van der Waals surface area contributed by atoms with Crippen LogP contribution in [0.2, 0.25) is 0 Å². The third-order valence-corrected chi connectivity index (χ3v) is 3.68. The lowest BCUT2D eigenvalue weighted by molar-refractivity contribution is -0.0226. The lowest BCUT2D eigenvalue weighted by Crippen LogP contribution is -2.45. The van der Waals surface area contributed by atoms with Gasteiger partial charge in [-0.15, -0.1) is 0 Å². The standard InChI is InChI=1S/C17H22N2O2/c1-3-16-12-19(9-10-21-16)17(20)15-7-6-14(5-4-8-18)13(2)11-15/h6-7,11,16H,3,8-10,12,18H2,1-2H3. The molecule has 4 heteroatoms. The maximum Gasteiger partial charge on any atom is 0.254 e. The highest BCUT2D eigenvalue weighted by atomic mass is 16.5. The fourth-order valence-corrected chi connectivity index (χ4v) is 2.42. The number of hydrogen-bond donors (Lipinski definition) is 1. The van der Waals surface area contributed by atoms with E-state index < -0.39 is 0 Å². The highest BCUT2D eigenvalue weighted by Gasteiger charge is 2.24. The monoisotopic (exact) mass is 286 g/mol. The zero-order valence-electron chi connectivity index (χ0n) is 12.7. The molecule has 1 aliphatic heterocycles. The Morgan fingerprint density at radius 2 is 2.33 bits per heavy atom. The molecule has 1 heterocycles. The van der Waals surface area contributed by atoms with Crippen LogP contribution >= 0.6 is 0 Å². The van der Waals surface area contributed by atoms with Gasteiger partial charge in [0.25, 0.3) is 5.91 Å². The number of benzene rings is 1. The molecule has 1 aromatic rings. The summed E-state index contributed by atoms with van der Waals surface area (Å²) < 4.78 is 5.61. The first kappa shape index (κ1) is 15.6. The Kier molecular flexibility index (Phi) is 5.38. The molecule has 1 aliphatic rings. The molecule has 0 aliphatic carbocycles. The summed E-state index contributed by atoms with van der Waals surface area (Å²) in [5.41, 5.74) is 8.02. The van der Waals surface area contributed by atoms with Gasteiger partial charge in [-0.1, -0.05) is 18.8 Å². The molecule has 1 saturated heterocycles. The maximum absolute atomic E-state index is 12.6. The van der Waals surface area contributed by atoms with Crippen LogP contribution in [0, 0.1) is 18.8 Å². The van der Waals surface area contributed by atoms with Crippen molar-refractivity contribution in [2.24, 2.45) is 5.73 Å². The molecule has 112 valence electrons. The highest BCUT2D eigenvalue weighted by Crippen LogP contribution is 2.15. The number of nitrogens with two attached hydrogens (primary N) is 1. The Balaban J connectivity index is 2.14. The first-order valence-electron chi connectivity index (χ1n) is 7.36. The Bertz CT molecular complexity index is 572. The van der Waals surface area contributed by atoms with E-state index in [2.05, 4.69) is 18.8 Å². The molecule has 0 aromatic heterocycles. The van der Waals surface area contributed by atoms with Crippen LogP contribution in [-0.4, -0.2) is 43.2 Å². The zero-order valence-corrected chi connectivity index (χ0v) is 12.7. The van der Waals surface area contributed by atoms with Crippen molar-refractivity contribution in [3.63, 3.8) is 0 Å². The van der Waals surface area contributed by atoms with Crippen LogP contribution in [0.3, 0.4) is 0 Å². The average molecular weight is 286 g/mol. The summed E-state index contributed by atoms with van der Waals surface area (Å²) in [6, 6.07) is 5.63. The van der Waals surface area contributed by atoms with Gasteiger partial charge in [0.15, 0.2) is 0 Å². The van der Waals surface area contributed by atoms with Crippen LogP contribution in [0.15, 0.2) is 18.2 Å². The Morgan fingerprint density at radius 3 is 3.00 bits per heavy atom. The number of carbonyl (C=O) groups excluding carboxylic acids is 1. The zero-order chi connectivity index (χ0) is 15.2. The van der Waals surface area contributed by atoms with Crippen LogP contribution in [-0.2, 0) is 4.74 Å². The molecule has 4 nitrogen and oxygen atoms in total. The minimum Gasteiger partial charge on any atom is -0.375 e. The molecule has 0 spiro atoms. The van der Waals surface area contributed by atoms with Gasteiger partial charge < -0.3 is 15.4 Å². The highest BCUT2D eigenvalue weighted by molar-refractivity contribution is 5.94. The van der Waals surface area contributed by atoms with E-state index in [4.69, 9.17) is 10.5 Å². The second-order valence-electron chi connectivity index (χ2n) is 5.19. The summed E-state index contributed by atoms with van der Waals surface area (Å²) in [6.45, 7) is 6.32. The van der Waals surface area contributed by atoms with Crippen molar-refractivity contribution in [3.05, 3.63) is 34.9 Å². The number of morpholine rings is 1. The average Bonchev–Trinajstić information content (AvgIpc) is 2.53. The second-order valence-corrected chi connectivity index (χ2v) is 5.19. The van der Waals surface area contributed by atoms with Gasteiger partial charge in [0, 0.05) is 24.2 Å². The fourth-order valence-electron chi connectivity index (χ4n) is 2.42. The summed E-state index contributed by atoms with van der Waals surface area (Å²) in [5, 5.41) is 0. The summed E-state index contributed by atoms with van der Waals surface area (Å²) in [7, 11) is 0. The largest absolute Gasteiger partial charge is 0.375 e. The SMILES string of the molecule is CCC1CN(C(=O)c2ccc(C#CCN)c(C)c2)CCO1. The Morgan fingerprint density at radius 1 is 1.52 bits per heavy atom. The molecule has 1 fully saturated rings. The molecule has 2 rings (SSSR count). The van der Waals surface area contributed by atoms with E-state index in [1.54, 1.807) is 0 Å². The smallest absolute Gasteiger partial charge is 0.254 e. The van der Waals surface area contributed by atoms with E-state index in [0.29, 0.717) is 31.8 Å². The van der Waals surface area contributed by atoms with Crippen molar-refractivity contribution in [3.8, 4) is 11.8 Å². The number of rotatable bonds is 2. The molecular weight excluding hydrogens is 264 g/mol. The van der Waals surface area contributed by atoms with Crippen molar-refractivity contribution < 1.29 is 9.53 Å². The van der Waals surface area contributed by atoms with Crippen LogP contribution in [0.1, 0.15) is 34.8 Å².